The maximum absolute atomic E-state index is 13.8. The van der Waals surface area contributed by atoms with E-state index in [-0.39, 0.29) is 25.2 Å². The minimum absolute atomic E-state index is 0.0173. The van der Waals surface area contributed by atoms with E-state index < -0.39 is 29.3 Å². The molecule has 3 aliphatic heterocycles. The van der Waals surface area contributed by atoms with Gasteiger partial charge in [0.1, 0.15) is 0 Å². The maximum Gasteiger partial charge on any atom is 0.308 e. The summed E-state index contributed by atoms with van der Waals surface area (Å²) in [5.74, 6) is -0.434. The molecule has 2 fully saturated rings. The van der Waals surface area contributed by atoms with Gasteiger partial charge < -0.3 is 34.0 Å². The largest absolute Gasteiger partial charge is 0.493 e. The van der Waals surface area contributed by atoms with Gasteiger partial charge in [0.2, 0.25) is 24.4 Å². The van der Waals surface area contributed by atoms with Crippen molar-refractivity contribution < 1.29 is 33.7 Å². The van der Waals surface area contributed by atoms with Gasteiger partial charge in [0.15, 0.2) is 11.5 Å². The van der Waals surface area contributed by atoms with E-state index in [1.165, 1.54) is 0 Å². The van der Waals surface area contributed by atoms with Crippen LogP contribution in [0.3, 0.4) is 0 Å². The van der Waals surface area contributed by atoms with Crippen LogP contribution in [-0.4, -0.2) is 122 Å². The Hall–Kier alpha value is -3.05. The SMILES string of the molecule is CCCCN(CCCN(C)C)C(=O)CN1C[C@H](c2cc(OC)c3c(c2)OCO3)[C@@H](C(=O)O)[C@@H]1CCN1CCC(C)(C)C1=O. The minimum atomic E-state index is -0.913. The number of ether oxygens (including phenoxy) is 3. The molecule has 1 N–H and O–H groups in total. The minimum Gasteiger partial charge on any atom is -0.493 e. The fourth-order valence-electron chi connectivity index (χ4n) is 6.67. The van der Waals surface area contributed by atoms with Crippen LogP contribution in [0.2, 0.25) is 0 Å². The van der Waals surface area contributed by atoms with Crippen molar-refractivity contribution >= 4 is 17.8 Å². The van der Waals surface area contributed by atoms with E-state index in [0.717, 1.165) is 37.8 Å². The van der Waals surface area contributed by atoms with E-state index >= 15 is 0 Å². The average molecular weight is 603 g/mol. The van der Waals surface area contributed by atoms with Crippen LogP contribution in [0.5, 0.6) is 17.2 Å². The molecule has 0 bridgehead atoms. The Bertz CT molecular complexity index is 1160. The summed E-state index contributed by atoms with van der Waals surface area (Å²) in [6, 6.07) is 3.25. The Morgan fingerprint density at radius 3 is 2.51 bits per heavy atom. The number of carboxylic acid groups (broad SMARTS) is 1. The quantitative estimate of drug-likeness (QED) is 0.324. The molecular weight excluding hydrogens is 552 g/mol. The van der Waals surface area contributed by atoms with Crippen molar-refractivity contribution in [2.45, 2.75) is 64.8 Å². The van der Waals surface area contributed by atoms with Crippen LogP contribution < -0.4 is 14.2 Å². The lowest BCUT2D eigenvalue weighted by atomic mass is 9.84. The lowest BCUT2D eigenvalue weighted by Crippen LogP contribution is -2.46. The van der Waals surface area contributed by atoms with Gasteiger partial charge in [-0.1, -0.05) is 27.2 Å². The highest BCUT2D eigenvalue weighted by Gasteiger charge is 2.48. The molecular formula is C32H50N4O7. The number of nitrogens with zero attached hydrogens (tertiary/aromatic N) is 4. The Balaban J connectivity index is 1.61. The monoisotopic (exact) mass is 602 g/mol. The topological polar surface area (TPSA) is 112 Å². The molecule has 0 unspecified atom stereocenters. The second-order valence-electron chi connectivity index (χ2n) is 13.0. The molecule has 11 heteroatoms. The van der Waals surface area contributed by atoms with Crippen molar-refractivity contribution in [2.24, 2.45) is 11.3 Å². The molecule has 1 aromatic carbocycles. The van der Waals surface area contributed by atoms with E-state index in [1.807, 2.05) is 54.8 Å². The summed E-state index contributed by atoms with van der Waals surface area (Å²) in [5, 5.41) is 10.6. The van der Waals surface area contributed by atoms with Gasteiger partial charge in [-0.25, -0.2) is 0 Å². The fraction of sp³-hybridized carbons (Fsp3) is 0.719. The predicted molar refractivity (Wildman–Crippen MR) is 163 cm³/mol. The van der Waals surface area contributed by atoms with E-state index in [9.17, 15) is 19.5 Å². The molecule has 4 rings (SSSR count). The summed E-state index contributed by atoms with van der Waals surface area (Å²) in [7, 11) is 5.60. The van der Waals surface area contributed by atoms with Gasteiger partial charge in [0, 0.05) is 50.1 Å². The van der Waals surface area contributed by atoms with Gasteiger partial charge in [-0.05, 0) is 64.0 Å². The number of carbonyl (C=O) groups is 3. The lowest BCUT2D eigenvalue weighted by molar-refractivity contribution is -0.144. The second-order valence-corrected chi connectivity index (χ2v) is 13.0. The number of likely N-dealkylation sites (tertiary alicyclic amines) is 2. The van der Waals surface area contributed by atoms with Crippen LogP contribution >= 0.6 is 0 Å². The Morgan fingerprint density at radius 2 is 1.88 bits per heavy atom. The number of hydrogen-bond donors (Lipinski definition) is 1. The molecule has 0 aliphatic carbocycles. The summed E-state index contributed by atoms with van der Waals surface area (Å²) >= 11 is 0. The van der Waals surface area contributed by atoms with Crippen molar-refractivity contribution in [2.75, 3.05) is 73.8 Å². The second kappa shape index (κ2) is 14.2. The van der Waals surface area contributed by atoms with Crippen LogP contribution in [-0.2, 0) is 14.4 Å². The first kappa shape index (κ1) is 32.9. The van der Waals surface area contributed by atoms with Gasteiger partial charge in [-0.15, -0.1) is 0 Å². The Morgan fingerprint density at radius 1 is 1.14 bits per heavy atom. The molecule has 3 aliphatic rings. The first-order valence-electron chi connectivity index (χ1n) is 15.6. The molecule has 2 amide bonds. The summed E-state index contributed by atoms with van der Waals surface area (Å²) in [6.07, 6.45) is 4.02. The van der Waals surface area contributed by atoms with Crippen LogP contribution in [0.25, 0.3) is 0 Å². The number of aliphatic carboxylic acids is 1. The number of benzene rings is 1. The molecule has 3 atom stereocenters. The average Bonchev–Trinajstić information content (AvgIpc) is 3.64. The number of fused-ring (bicyclic) bond motifs is 1. The third kappa shape index (κ3) is 7.55. The molecule has 240 valence electrons. The van der Waals surface area contributed by atoms with Crippen molar-refractivity contribution in [1.82, 2.24) is 19.6 Å². The number of carbonyl (C=O) groups excluding carboxylic acids is 2. The van der Waals surface area contributed by atoms with E-state index in [0.29, 0.717) is 56.4 Å². The Labute approximate surface area is 256 Å². The number of rotatable bonds is 15. The van der Waals surface area contributed by atoms with Gasteiger partial charge in [-0.3, -0.25) is 19.3 Å². The molecule has 43 heavy (non-hydrogen) atoms. The first-order valence-corrected chi connectivity index (χ1v) is 15.6. The number of hydrogen-bond acceptors (Lipinski definition) is 8. The molecule has 3 heterocycles. The summed E-state index contributed by atoms with van der Waals surface area (Å²) < 4.78 is 16.8. The summed E-state index contributed by atoms with van der Waals surface area (Å²) in [4.78, 5) is 47.7. The van der Waals surface area contributed by atoms with Crippen LogP contribution in [0.1, 0.15) is 64.4 Å². The van der Waals surface area contributed by atoms with E-state index in [1.54, 1.807) is 7.11 Å². The van der Waals surface area contributed by atoms with Crippen molar-refractivity contribution in [1.29, 1.82) is 0 Å². The maximum atomic E-state index is 13.8. The van der Waals surface area contributed by atoms with Crippen LogP contribution in [0.15, 0.2) is 12.1 Å². The zero-order chi connectivity index (χ0) is 31.3. The number of unbranched alkanes of at least 4 members (excludes halogenated alkanes) is 1. The number of amides is 2. The molecule has 2 saturated heterocycles. The van der Waals surface area contributed by atoms with Gasteiger partial charge in [0.05, 0.1) is 19.6 Å². The predicted octanol–water partition coefficient (Wildman–Crippen LogP) is 3.12. The number of methoxy groups -OCH3 is 1. The fourth-order valence-corrected chi connectivity index (χ4v) is 6.67. The van der Waals surface area contributed by atoms with E-state index in [4.69, 9.17) is 14.2 Å². The third-order valence-electron chi connectivity index (χ3n) is 9.22. The highest BCUT2D eigenvalue weighted by Crippen LogP contribution is 2.47. The van der Waals surface area contributed by atoms with Gasteiger partial charge in [0.25, 0.3) is 0 Å². The van der Waals surface area contributed by atoms with Crippen LogP contribution in [0.4, 0.5) is 0 Å². The summed E-state index contributed by atoms with van der Waals surface area (Å²) in [6.45, 7) is 10.00. The Kier molecular flexibility index (Phi) is 10.8. The smallest absolute Gasteiger partial charge is 0.308 e. The first-order chi connectivity index (χ1) is 20.5. The van der Waals surface area contributed by atoms with Crippen LogP contribution in [0, 0.1) is 11.3 Å². The standard InChI is InChI=1S/C32H50N4O7/c1-7-8-13-34(14-9-12-33(4)5)27(37)20-36-19-23(22-17-25(41-6)29-26(18-22)42-21-43-29)28(30(38)39)24(36)10-15-35-16-11-32(2,3)31(35)40/h17-18,23-24,28H,7-16,19-21H2,1-6H3,(H,38,39)/t23-,24+,28-/m1/s1. The normalized spacial score (nSPS) is 22.9. The molecule has 11 nitrogen and oxygen atoms in total. The van der Waals surface area contributed by atoms with Gasteiger partial charge >= 0.3 is 5.97 Å². The van der Waals surface area contributed by atoms with Crippen molar-refractivity contribution in [3.63, 3.8) is 0 Å². The highest BCUT2D eigenvalue weighted by atomic mass is 16.7. The highest BCUT2D eigenvalue weighted by molar-refractivity contribution is 5.84. The molecule has 0 aromatic heterocycles. The molecule has 0 radical (unpaired) electrons. The zero-order valence-electron chi connectivity index (χ0n) is 26.8. The zero-order valence-corrected chi connectivity index (χ0v) is 26.8. The molecule has 0 spiro atoms. The molecule has 0 saturated carbocycles. The molecule has 1 aromatic rings. The van der Waals surface area contributed by atoms with Gasteiger partial charge in [-0.2, -0.15) is 0 Å². The lowest BCUT2D eigenvalue weighted by Gasteiger charge is -2.31. The number of carboxylic acids is 1. The van der Waals surface area contributed by atoms with E-state index in [2.05, 4.69) is 11.8 Å². The van der Waals surface area contributed by atoms with Crippen molar-refractivity contribution in [3.05, 3.63) is 17.7 Å². The third-order valence-corrected chi connectivity index (χ3v) is 9.22. The summed E-state index contributed by atoms with van der Waals surface area (Å²) in [5.41, 5.74) is 0.371. The van der Waals surface area contributed by atoms with Crippen molar-refractivity contribution in [3.8, 4) is 17.2 Å².